The summed E-state index contributed by atoms with van der Waals surface area (Å²) in [5, 5.41) is 12.5. The molecule has 1 aliphatic heterocycles. The lowest BCUT2D eigenvalue weighted by molar-refractivity contribution is -0.121. The van der Waals surface area contributed by atoms with Crippen molar-refractivity contribution in [3.8, 4) is 5.75 Å². The number of aryl methyl sites for hydroxylation is 1. The Hall–Kier alpha value is -2.82. The molecule has 0 atom stereocenters. The van der Waals surface area contributed by atoms with Crippen LogP contribution in [0.5, 0.6) is 5.75 Å². The van der Waals surface area contributed by atoms with Gasteiger partial charge in [0.2, 0.25) is 11.8 Å². The second kappa shape index (κ2) is 7.83. The number of carbonyl (C=O) groups excluding carboxylic acids is 2. The number of carbonyl (C=O) groups is 2. The number of aromatic hydroxyl groups is 1. The van der Waals surface area contributed by atoms with E-state index >= 15 is 0 Å². The van der Waals surface area contributed by atoms with E-state index in [2.05, 4.69) is 11.4 Å². The zero-order valence-corrected chi connectivity index (χ0v) is 14.1. The van der Waals surface area contributed by atoms with Crippen molar-refractivity contribution in [2.24, 2.45) is 0 Å². The van der Waals surface area contributed by atoms with E-state index in [-0.39, 0.29) is 30.4 Å². The molecule has 0 fully saturated rings. The second-order valence-corrected chi connectivity index (χ2v) is 6.18. The average Bonchev–Trinajstić information content (AvgIpc) is 2.63. The highest BCUT2D eigenvalue weighted by atomic mass is 16.3. The van der Waals surface area contributed by atoms with Crippen molar-refractivity contribution in [2.45, 2.75) is 25.7 Å². The summed E-state index contributed by atoms with van der Waals surface area (Å²) in [4.78, 5) is 26.3. The maximum Gasteiger partial charge on any atom is 0.228 e. The van der Waals surface area contributed by atoms with E-state index in [0.29, 0.717) is 12.1 Å². The number of rotatable bonds is 5. The molecule has 5 nitrogen and oxygen atoms in total. The minimum absolute atomic E-state index is 0.0232. The third-order valence-corrected chi connectivity index (χ3v) is 4.41. The Morgan fingerprint density at radius 1 is 1.08 bits per heavy atom. The van der Waals surface area contributed by atoms with Crippen molar-refractivity contribution in [1.82, 2.24) is 5.32 Å². The molecule has 5 heteroatoms. The van der Waals surface area contributed by atoms with E-state index in [1.807, 2.05) is 23.1 Å². The van der Waals surface area contributed by atoms with E-state index in [0.717, 1.165) is 25.1 Å². The Morgan fingerprint density at radius 2 is 1.84 bits per heavy atom. The first kappa shape index (κ1) is 17.0. The van der Waals surface area contributed by atoms with Crippen LogP contribution >= 0.6 is 0 Å². The van der Waals surface area contributed by atoms with Crippen molar-refractivity contribution < 1.29 is 14.7 Å². The molecule has 130 valence electrons. The van der Waals surface area contributed by atoms with Crippen LogP contribution in [-0.4, -0.2) is 30.0 Å². The number of nitrogens with one attached hydrogen (secondary N) is 1. The fourth-order valence-corrected chi connectivity index (χ4v) is 3.13. The minimum atomic E-state index is -0.201. The van der Waals surface area contributed by atoms with Gasteiger partial charge in [-0.3, -0.25) is 9.59 Å². The standard InChI is InChI=1S/C20H22N2O3/c23-18-10-4-2-7-16(18)14-19(24)21-12-11-20(25)22-13-5-8-15-6-1-3-9-17(15)22/h1-4,6-7,9-10,23H,5,8,11-14H2,(H,21,24). The lowest BCUT2D eigenvalue weighted by Gasteiger charge is -2.29. The molecule has 1 aliphatic rings. The number of benzene rings is 2. The summed E-state index contributed by atoms with van der Waals surface area (Å²) in [5.41, 5.74) is 2.77. The largest absolute Gasteiger partial charge is 0.508 e. The molecule has 2 amide bonds. The van der Waals surface area contributed by atoms with Crippen LogP contribution in [0.25, 0.3) is 0 Å². The highest BCUT2D eigenvalue weighted by molar-refractivity contribution is 5.95. The molecule has 3 rings (SSSR count). The molecule has 0 bridgehead atoms. The van der Waals surface area contributed by atoms with Gasteiger partial charge in [-0.2, -0.15) is 0 Å². The maximum absolute atomic E-state index is 12.5. The quantitative estimate of drug-likeness (QED) is 0.880. The highest BCUT2D eigenvalue weighted by Crippen LogP contribution is 2.27. The summed E-state index contributed by atoms with van der Waals surface area (Å²) in [6.07, 6.45) is 2.33. The molecule has 2 aromatic rings. The normalized spacial score (nSPS) is 13.2. The zero-order valence-electron chi connectivity index (χ0n) is 14.1. The van der Waals surface area contributed by atoms with E-state index in [1.165, 1.54) is 5.56 Å². The minimum Gasteiger partial charge on any atom is -0.508 e. The number of phenols is 1. The first-order valence-electron chi connectivity index (χ1n) is 8.57. The van der Waals surface area contributed by atoms with E-state index < -0.39 is 0 Å². The van der Waals surface area contributed by atoms with Crippen LogP contribution in [0.3, 0.4) is 0 Å². The van der Waals surface area contributed by atoms with Crippen LogP contribution < -0.4 is 10.2 Å². The van der Waals surface area contributed by atoms with Gasteiger partial charge >= 0.3 is 0 Å². The van der Waals surface area contributed by atoms with Crippen molar-refractivity contribution in [1.29, 1.82) is 0 Å². The molecule has 0 aromatic heterocycles. The monoisotopic (exact) mass is 338 g/mol. The Balaban J connectivity index is 1.50. The third-order valence-electron chi connectivity index (χ3n) is 4.41. The molecule has 1 heterocycles. The van der Waals surface area contributed by atoms with Gasteiger partial charge in [0.25, 0.3) is 0 Å². The Kier molecular flexibility index (Phi) is 5.33. The predicted molar refractivity (Wildman–Crippen MR) is 96.6 cm³/mol. The van der Waals surface area contributed by atoms with Crippen molar-refractivity contribution >= 4 is 17.5 Å². The summed E-state index contributed by atoms with van der Waals surface area (Å²) >= 11 is 0. The molecule has 0 radical (unpaired) electrons. The van der Waals surface area contributed by atoms with Gasteiger partial charge in [-0.25, -0.2) is 0 Å². The Bertz CT molecular complexity index is 773. The summed E-state index contributed by atoms with van der Waals surface area (Å²) in [6.45, 7) is 1.02. The van der Waals surface area contributed by atoms with Crippen molar-refractivity contribution in [2.75, 3.05) is 18.0 Å². The first-order chi connectivity index (χ1) is 12.1. The number of hydrogen-bond donors (Lipinski definition) is 2. The Labute approximate surface area is 147 Å². The second-order valence-electron chi connectivity index (χ2n) is 6.18. The lowest BCUT2D eigenvalue weighted by Crippen LogP contribution is -2.38. The van der Waals surface area contributed by atoms with E-state index in [4.69, 9.17) is 0 Å². The number of anilines is 1. The molecule has 2 aromatic carbocycles. The van der Waals surface area contributed by atoms with Gasteiger partial charge < -0.3 is 15.3 Å². The molecule has 0 aliphatic carbocycles. The van der Waals surface area contributed by atoms with Gasteiger partial charge in [0.05, 0.1) is 6.42 Å². The number of hydrogen-bond acceptors (Lipinski definition) is 3. The van der Waals surface area contributed by atoms with Crippen molar-refractivity contribution in [3.63, 3.8) is 0 Å². The zero-order chi connectivity index (χ0) is 17.6. The summed E-state index contributed by atoms with van der Waals surface area (Å²) < 4.78 is 0. The highest BCUT2D eigenvalue weighted by Gasteiger charge is 2.21. The SMILES string of the molecule is O=C(Cc1ccccc1O)NCCC(=O)N1CCCc2ccccc21. The van der Waals surface area contributed by atoms with Crippen LogP contribution in [-0.2, 0) is 22.4 Å². The number of amides is 2. The van der Waals surface area contributed by atoms with Gasteiger partial charge in [0.15, 0.2) is 0 Å². The maximum atomic E-state index is 12.5. The topological polar surface area (TPSA) is 69.6 Å². The van der Waals surface area contributed by atoms with Gasteiger partial charge in [-0.05, 0) is 30.5 Å². The first-order valence-corrected chi connectivity index (χ1v) is 8.57. The van der Waals surface area contributed by atoms with Crippen molar-refractivity contribution in [3.05, 3.63) is 59.7 Å². The smallest absolute Gasteiger partial charge is 0.228 e. The molecule has 0 saturated carbocycles. The summed E-state index contributed by atoms with van der Waals surface area (Å²) in [5.74, 6) is -0.0676. The average molecular weight is 338 g/mol. The molecular weight excluding hydrogens is 316 g/mol. The van der Waals surface area contributed by atoms with Gasteiger partial charge in [0.1, 0.15) is 5.75 Å². The fraction of sp³-hybridized carbons (Fsp3) is 0.300. The molecule has 0 unspecified atom stereocenters. The predicted octanol–water partition coefficient (Wildman–Crippen LogP) is 2.42. The number of fused-ring (bicyclic) bond motifs is 1. The molecule has 25 heavy (non-hydrogen) atoms. The van der Waals surface area contributed by atoms with Gasteiger partial charge in [-0.1, -0.05) is 36.4 Å². The van der Waals surface area contributed by atoms with Crippen LogP contribution in [0.2, 0.25) is 0 Å². The lowest BCUT2D eigenvalue weighted by atomic mass is 10.0. The van der Waals surface area contributed by atoms with Gasteiger partial charge in [0, 0.05) is 30.8 Å². The molecule has 0 saturated heterocycles. The number of para-hydroxylation sites is 2. The van der Waals surface area contributed by atoms with Gasteiger partial charge in [-0.15, -0.1) is 0 Å². The number of nitrogens with zero attached hydrogens (tertiary/aromatic N) is 1. The third kappa shape index (κ3) is 4.18. The van der Waals surface area contributed by atoms with Crippen LogP contribution in [0.1, 0.15) is 24.0 Å². The molecule has 2 N–H and O–H groups in total. The van der Waals surface area contributed by atoms with E-state index in [9.17, 15) is 14.7 Å². The Morgan fingerprint density at radius 3 is 2.68 bits per heavy atom. The molecular formula is C20H22N2O3. The molecule has 0 spiro atoms. The number of phenolic OH excluding ortho intramolecular Hbond substituents is 1. The summed E-state index contributed by atoms with van der Waals surface area (Å²) in [7, 11) is 0. The fourth-order valence-electron chi connectivity index (χ4n) is 3.13. The van der Waals surface area contributed by atoms with E-state index in [1.54, 1.807) is 24.3 Å². The van der Waals surface area contributed by atoms with Crippen LogP contribution in [0, 0.1) is 0 Å². The van der Waals surface area contributed by atoms with Crippen LogP contribution in [0.4, 0.5) is 5.69 Å². The van der Waals surface area contributed by atoms with Crippen LogP contribution in [0.15, 0.2) is 48.5 Å². The summed E-state index contributed by atoms with van der Waals surface area (Å²) in [6, 6.07) is 14.7.